The summed E-state index contributed by atoms with van der Waals surface area (Å²) in [5.74, 6) is 0.270. The molecule has 8 heteroatoms. The van der Waals surface area contributed by atoms with Crippen molar-refractivity contribution in [1.82, 2.24) is 25.0 Å². The summed E-state index contributed by atoms with van der Waals surface area (Å²) in [7, 11) is 5.10. The Kier molecular flexibility index (Phi) is 4.20. The molecule has 24 heavy (non-hydrogen) atoms. The molecule has 0 radical (unpaired) electrons. The molecule has 0 unspecified atom stereocenters. The minimum absolute atomic E-state index is 0.109. The number of hydrogen-bond donors (Lipinski definition) is 2. The van der Waals surface area contributed by atoms with Gasteiger partial charge in [-0.15, -0.1) is 0 Å². The second-order valence-electron chi connectivity index (χ2n) is 5.86. The number of aromatic nitrogens is 3. The Morgan fingerprint density at radius 3 is 2.88 bits per heavy atom. The Morgan fingerprint density at radius 2 is 2.17 bits per heavy atom. The highest BCUT2D eigenvalue weighted by Crippen LogP contribution is 2.24. The summed E-state index contributed by atoms with van der Waals surface area (Å²) in [6, 6.07) is 3.49. The van der Waals surface area contributed by atoms with Crippen molar-refractivity contribution in [3.05, 3.63) is 40.8 Å². The van der Waals surface area contributed by atoms with E-state index in [0.29, 0.717) is 36.6 Å². The minimum Gasteiger partial charge on any atom is -0.372 e. The maximum atomic E-state index is 12.8. The number of fused-ring (bicyclic) bond motifs is 1. The van der Waals surface area contributed by atoms with E-state index in [1.165, 1.54) is 4.90 Å². The average molecular weight is 328 g/mol. The van der Waals surface area contributed by atoms with Gasteiger partial charge in [0.15, 0.2) is 5.69 Å². The number of amides is 2. The summed E-state index contributed by atoms with van der Waals surface area (Å²) in [5.41, 5.74) is 2.62. The van der Waals surface area contributed by atoms with Crippen LogP contribution in [-0.4, -0.2) is 64.5 Å². The first-order valence-electron chi connectivity index (χ1n) is 7.72. The zero-order valence-electron chi connectivity index (χ0n) is 14.0. The molecule has 126 valence electrons. The summed E-state index contributed by atoms with van der Waals surface area (Å²) in [6.45, 7) is 0.930. The fourth-order valence-electron chi connectivity index (χ4n) is 2.80. The maximum Gasteiger partial charge on any atom is 0.274 e. The predicted octanol–water partition coefficient (Wildman–Crippen LogP) is 0.747. The van der Waals surface area contributed by atoms with Crippen LogP contribution >= 0.6 is 0 Å². The maximum absolute atomic E-state index is 12.8. The molecule has 2 N–H and O–H groups in total. The fourth-order valence-corrected chi connectivity index (χ4v) is 2.80. The Bertz CT molecular complexity index is 783. The number of carbonyl (C=O) groups is 2. The number of pyridine rings is 1. The molecule has 1 aliphatic heterocycles. The number of hydrogen-bond acceptors (Lipinski definition) is 5. The second-order valence-corrected chi connectivity index (χ2v) is 5.86. The van der Waals surface area contributed by atoms with Gasteiger partial charge in [-0.3, -0.25) is 14.7 Å². The topological polar surface area (TPSA) is 94.2 Å². The van der Waals surface area contributed by atoms with E-state index in [4.69, 9.17) is 0 Å². The standard InChI is InChI=1S/C16H20N6O2/c1-17-14-10(5-4-7-18-14)15(23)22-8-6-12-11(9-22)13(20-19-12)16(24)21(2)3/h4-5,7H,6,8-9H2,1-3H3,(H,17,18)(H,19,20). The molecule has 0 bridgehead atoms. The van der Waals surface area contributed by atoms with Gasteiger partial charge in [-0.05, 0) is 12.1 Å². The van der Waals surface area contributed by atoms with Crippen molar-refractivity contribution < 1.29 is 9.59 Å². The number of H-pyrrole nitrogens is 1. The molecule has 2 amide bonds. The lowest BCUT2D eigenvalue weighted by atomic mass is 10.0. The van der Waals surface area contributed by atoms with Crippen LogP contribution in [0.2, 0.25) is 0 Å². The Morgan fingerprint density at radius 1 is 1.38 bits per heavy atom. The van der Waals surface area contributed by atoms with E-state index in [9.17, 15) is 9.59 Å². The molecular weight excluding hydrogens is 308 g/mol. The molecule has 0 atom stereocenters. The Hall–Kier alpha value is -2.90. The quantitative estimate of drug-likeness (QED) is 0.867. The van der Waals surface area contributed by atoms with Crippen LogP contribution in [0.4, 0.5) is 5.82 Å². The van der Waals surface area contributed by atoms with E-state index >= 15 is 0 Å². The van der Waals surface area contributed by atoms with Crippen LogP contribution < -0.4 is 5.32 Å². The van der Waals surface area contributed by atoms with E-state index < -0.39 is 0 Å². The number of aromatic amines is 1. The third kappa shape index (κ3) is 2.70. The highest BCUT2D eigenvalue weighted by Gasteiger charge is 2.29. The Balaban J connectivity index is 1.88. The smallest absolute Gasteiger partial charge is 0.274 e. The molecule has 3 rings (SSSR count). The highest BCUT2D eigenvalue weighted by atomic mass is 16.2. The predicted molar refractivity (Wildman–Crippen MR) is 88.8 cm³/mol. The van der Waals surface area contributed by atoms with Crippen LogP contribution in [0.3, 0.4) is 0 Å². The van der Waals surface area contributed by atoms with Gasteiger partial charge in [-0.1, -0.05) is 0 Å². The third-order valence-corrected chi connectivity index (χ3v) is 4.10. The van der Waals surface area contributed by atoms with E-state index in [0.717, 1.165) is 11.3 Å². The molecule has 0 aromatic carbocycles. The number of nitrogens with one attached hydrogen (secondary N) is 2. The van der Waals surface area contributed by atoms with E-state index in [-0.39, 0.29) is 11.8 Å². The van der Waals surface area contributed by atoms with Gasteiger partial charge < -0.3 is 15.1 Å². The molecule has 0 fully saturated rings. The molecule has 2 aromatic rings. The molecule has 0 aliphatic carbocycles. The summed E-state index contributed by atoms with van der Waals surface area (Å²) in [5, 5.41) is 10.0. The zero-order chi connectivity index (χ0) is 17.3. The minimum atomic E-state index is -0.168. The molecule has 8 nitrogen and oxygen atoms in total. The number of anilines is 1. The fraction of sp³-hybridized carbons (Fsp3) is 0.375. The summed E-state index contributed by atoms with van der Waals surface area (Å²) >= 11 is 0. The van der Waals surface area contributed by atoms with E-state index in [1.807, 2.05) is 0 Å². The van der Waals surface area contributed by atoms with Gasteiger partial charge in [0, 0.05) is 51.6 Å². The van der Waals surface area contributed by atoms with Gasteiger partial charge in [0.1, 0.15) is 5.82 Å². The number of carbonyl (C=O) groups excluding carboxylic acids is 2. The number of rotatable bonds is 3. The van der Waals surface area contributed by atoms with Gasteiger partial charge in [-0.25, -0.2) is 4.98 Å². The molecule has 3 heterocycles. The van der Waals surface area contributed by atoms with Crippen LogP contribution in [0.25, 0.3) is 0 Å². The Labute approximate surface area is 139 Å². The van der Waals surface area contributed by atoms with E-state index in [1.54, 1.807) is 44.4 Å². The molecule has 0 saturated carbocycles. The van der Waals surface area contributed by atoms with Gasteiger partial charge in [0.25, 0.3) is 11.8 Å². The summed E-state index contributed by atoms with van der Waals surface area (Å²) in [6.07, 6.45) is 2.28. The first-order chi connectivity index (χ1) is 11.5. The van der Waals surface area contributed by atoms with Crippen molar-refractivity contribution >= 4 is 17.6 Å². The second kappa shape index (κ2) is 6.31. The molecule has 1 aliphatic rings. The van der Waals surface area contributed by atoms with Gasteiger partial charge >= 0.3 is 0 Å². The molecule has 0 saturated heterocycles. The van der Waals surface area contributed by atoms with Crippen LogP contribution in [0.5, 0.6) is 0 Å². The first kappa shape index (κ1) is 16.0. The van der Waals surface area contributed by atoms with Gasteiger partial charge in [0.05, 0.1) is 12.1 Å². The third-order valence-electron chi connectivity index (χ3n) is 4.10. The first-order valence-corrected chi connectivity index (χ1v) is 7.72. The monoisotopic (exact) mass is 328 g/mol. The molecule has 2 aromatic heterocycles. The normalized spacial score (nSPS) is 13.4. The van der Waals surface area contributed by atoms with Crippen LogP contribution in [-0.2, 0) is 13.0 Å². The van der Waals surface area contributed by atoms with Crippen molar-refractivity contribution in [2.75, 3.05) is 33.0 Å². The largest absolute Gasteiger partial charge is 0.372 e. The van der Waals surface area contributed by atoms with Gasteiger partial charge in [-0.2, -0.15) is 5.10 Å². The van der Waals surface area contributed by atoms with Crippen LogP contribution in [0.1, 0.15) is 32.1 Å². The number of nitrogens with zero attached hydrogens (tertiary/aromatic N) is 4. The van der Waals surface area contributed by atoms with Crippen molar-refractivity contribution in [2.45, 2.75) is 13.0 Å². The zero-order valence-corrected chi connectivity index (χ0v) is 14.0. The lowest BCUT2D eigenvalue weighted by Crippen LogP contribution is -2.37. The van der Waals surface area contributed by atoms with Crippen molar-refractivity contribution in [1.29, 1.82) is 0 Å². The SMILES string of the molecule is CNc1ncccc1C(=O)N1CCc2[nH]nc(C(=O)N(C)C)c2C1. The molecule has 0 spiro atoms. The molecular formula is C16H20N6O2. The summed E-state index contributed by atoms with van der Waals surface area (Å²) < 4.78 is 0. The van der Waals surface area contributed by atoms with E-state index in [2.05, 4.69) is 20.5 Å². The lowest BCUT2D eigenvalue weighted by Gasteiger charge is -2.27. The highest BCUT2D eigenvalue weighted by molar-refractivity contribution is 5.99. The van der Waals surface area contributed by atoms with Crippen molar-refractivity contribution in [3.8, 4) is 0 Å². The van der Waals surface area contributed by atoms with Crippen molar-refractivity contribution in [3.63, 3.8) is 0 Å². The van der Waals surface area contributed by atoms with Crippen LogP contribution in [0, 0.1) is 0 Å². The lowest BCUT2D eigenvalue weighted by molar-refractivity contribution is 0.0727. The van der Waals surface area contributed by atoms with Gasteiger partial charge in [0.2, 0.25) is 0 Å². The average Bonchev–Trinajstić information content (AvgIpc) is 3.03. The van der Waals surface area contributed by atoms with Crippen molar-refractivity contribution in [2.24, 2.45) is 0 Å². The summed E-state index contributed by atoms with van der Waals surface area (Å²) in [4.78, 5) is 32.5. The van der Waals surface area contributed by atoms with Crippen LogP contribution in [0.15, 0.2) is 18.3 Å².